The van der Waals surface area contributed by atoms with Crippen molar-refractivity contribution < 1.29 is 4.79 Å². The molecular formula is C19H15N5OS2. The summed E-state index contributed by atoms with van der Waals surface area (Å²) in [6.45, 7) is 1.83. The van der Waals surface area contributed by atoms with Gasteiger partial charge < -0.3 is 0 Å². The second-order valence-electron chi connectivity index (χ2n) is 5.70. The first-order valence-corrected chi connectivity index (χ1v) is 9.95. The predicted molar refractivity (Wildman–Crippen MR) is 109 cm³/mol. The van der Waals surface area contributed by atoms with Crippen LogP contribution in [0.15, 0.2) is 66.2 Å². The fourth-order valence-electron chi connectivity index (χ4n) is 2.47. The lowest BCUT2D eigenvalue weighted by Gasteiger charge is -2.10. The minimum Gasteiger partial charge on any atom is -0.294 e. The third kappa shape index (κ3) is 3.96. The van der Waals surface area contributed by atoms with Gasteiger partial charge in [0.15, 0.2) is 0 Å². The van der Waals surface area contributed by atoms with E-state index in [0.29, 0.717) is 5.95 Å². The highest BCUT2D eigenvalue weighted by Crippen LogP contribution is 2.37. The topological polar surface area (TPSA) is 80.7 Å². The van der Waals surface area contributed by atoms with Crippen LogP contribution < -0.4 is 5.32 Å². The van der Waals surface area contributed by atoms with E-state index in [1.807, 2.05) is 25.1 Å². The molecule has 8 heteroatoms. The Bertz CT molecular complexity index is 1070. The molecule has 4 aromatic rings. The number of nitrogens with one attached hydrogen (secondary N) is 1. The SMILES string of the molecule is CC(Sc1ncnc2sc(-c3ccccc3)cc12)C(=O)Nc1ncccn1. The van der Waals surface area contributed by atoms with Crippen LogP contribution in [0.5, 0.6) is 0 Å². The summed E-state index contributed by atoms with van der Waals surface area (Å²) in [6.07, 6.45) is 4.72. The fraction of sp³-hybridized carbons (Fsp3) is 0.105. The van der Waals surface area contributed by atoms with Gasteiger partial charge in [-0.05, 0) is 24.6 Å². The molecule has 0 fully saturated rings. The molecule has 1 amide bonds. The van der Waals surface area contributed by atoms with Crippen molar-refractivity contribution in [3.63, 3.8) is 0 Å². The lowest BCUT2D eigenvalue weighted by Crippen LogP contribution is -2.23. The molecule has 3 aromatic heterocycles. The van der Waals surface area contributed by atoms with E-state index in [-0.39, 0.29) is 11.2 Å². The first-order chi connectivity index (χ1) is 13.2. The number of carbonyl (C=O) groups excluding carboxylic acids is 1. The third-order valence-electron chi connectivity index (χ3n) is 3.81. The molecule has 1 unspecified atom stereocenters. The van der Waals surface area contributed by atoms with Crippen LogP contribution in [0, 0.1) is 0 Å². The number of aromatic nitrogens is 4. The Morgan fingerprint density at radius 2 is 1.85 bits per heavy atom. The van der Waals surface area contributed by atoms with Crippen LogP contribution in [0.3, 0.4) is 0 Å². The summed E-state index contributed by atoms with van der Waals surface area (Å²) in [7, 11) is 0. The van der Waals surface area contributed by atoms with Gasteiger partial charge in [-0.2, -0.15) is 0 Å². The van der Waals surface area contributed by atoms with E-state index in [9.17, 15) is 4.79 Å². The Morgan fingerprint density at radius 3 is 2.63 bits per heavy atom. The van der Waals surface area contributed by atoms with Gasteiger partial charge in [-0.1, -0.05) is 42.1 Å². The van der Waals surface area contributed by atoms with Gasteiger partial charge >= 0.3 is 0 Å². The number of benzene rings is 1. The van der Waals surface area contributed by atoms with Crippen LogP contribution >= 0.6 is 23.1 Å². The van der Waals surface area contributed by atoms with Crippen molar-refractivity contribution in [1.29, 1.82) is 0 Å². The molecule has 3 heterocycles. The van der Waals surface area contributed by atoms with Crippen LogP contribution in [0.2, 0.25) is 0 Å². The second kappa shape index (κ2) is 7.81. The number of fused-ring (bicyclic) bond motifs is 1. The van der Waals surface area contributed by atoms with Crippen LogP contribution in [0.25, 0.3) is 20.7 Å². The molecular weight excluding hydrogens is 378 g/mol. The Morgan fingerprint density at radius 1 is 1.07 bits per heavy atom. The smallest absolute Gasteiger partial charge is 0.239 e. The average molecular weight is 393 g/mol. The quantitative estimate of drug-likeness (QED) is 0.403. The predicted octanol–water partition coefficient (Wildman–Crippen LogP) is 4.27. The van der Waals surface area contributed by atoms with Crippen molar-refractivity contribution in [3.05, 3.63) is 61.2 Å². The minimum absolute atomic E-state index is 0.170. The van der Waals surface area contributed by atoms with Crippen LogP contribution in [0.4, 0.5) is 5.95 Å². The van der Waals surface area contributed by atoms with Gasteiger partial charge in [0, 0.05) is 22.7 Å². The number of thiophene rings is 1. The highest BCUT2D eigenvalue weighted by atomic mass is 32.2. The number of hydrogen-bond donors (Lipinski definition) is 1. The van der Waals surface area contributed by atoms with E-state index in [2.05, 4.69) is 43.5 Å². The van der Waals surface area contributed by atoms with Gasteiger partial charge in [-0.3, -0.25) is 10.1 Å². The highest BCUT2D eigenvalue weighted by molar-refractivity contribution is 8.00. The van der Waals surface area contributed by atoms with Gasteiger partial charge in [0.1, 0.15) is 16.2 Å². The molecule has 134 valence electrons. The molecule has 0 radical (unpaired) electrons. The normalized spacial score (nSPS) is 12.0. The first-order valence-electron chi connectivity index (χ1n) is 8.25. The lowest BCUT2D eigenvalue weighted by atomic mass is 10.2. The molecule has 0 saturated heterocycles. The van der Waals surface area contributed by atoms with Gasteiger partial charge in [0.2, 0.25) is 11.9 Å². The summed E-state index contributed by atoms with van der Waals surface area (Å²) in [6, 6.07) is 13.9. The molecule has 0 aliphatic heterocycles. The third-order valence-corrected chi connectivity index (χ3v) is 6.02. The van der Waals surface area contributed by atoms with E-state index in [4.69, 9.17) is 0 Å². The maximum atomic E-state index is 12.4. The van der Waals surface area contributed by atoms with Crippen molar-refractivity contribution >= 4 is 45.2 Å². The molecule has 0 aliphatic rings. The average Bonchev–Trinajstić information content (AvgIpc) is 3.15. The summed E-state index contributed by atoms with van der Waals surface area (Å²) in [5, 5.41) is 4.11. The lowest BCUT2D eigenvalue weighted by molar-refractivity contribution is -0.115. The van der Waals surface area contributed by atoms with Crippen molar-refractivity contribution in [2.75, 3.05) is 5.32 Å². The Kier molecular flexibility index (Phi) is 5.08. The maximum Gasteiger partial charge on any atom is 0.239 e. The number of anilines is 1. The van der Waals surface area contributed by atoms with E-state index >= 15 is 0 Å². The summed E-state index contributed by atoms with van der Waals surface area (Å²) < 4.78 is 0. The largest absolute Gasteiger partial charge is 0.294 e. The summed E-state index contributed by atoms with van der Waals surface area (Å²) in [5.74, 6) is 0.126. The molecule has 0 spiro atoms. The monoisotopic (exact) mass is 393 g/mol. The molecule has 27 heavy (non-hydrogen) atoms. The molecule has 1 atom stereocenters. The molecule has 6 nitrogen and oxygen atoms in total. The Hall–Kier alpha value is -2.84. The van der Waals surface area contributed by atoms with Crippen LogP contribution in [-0.4, -0.2) is 31.1 Å². The van der Waals surface area contributed by atoms with E-state index in [0.717, 1.165) is 25.7 Å². The van der Waals surface area contributed by atoms with Gasteiger partial charge in [-0.15, -0.1) is 11.3 Å². The van der Waals surface area contributed by atoms with Gasteiger partial charge in [0.05, 0.1) is 5.25 Å². The van der Waals surface area contributed by atoms with Crippen LogP contribution in [-0.2, 0) is 4.79 Å². The van der Waals surface area contributed by atoms with E-state index < -0.39 is 0 Å². The number of amides is 1. The van der Waals surface area contributed by atoms with Crippen molar-refractivity contribution in [1.82, 2.24) is 19.9 Å². The molecule has 1 N–H and O–H groups in total. The molecule has 1 aromatic carbocycles. The summed E-state index contributed by atoms with van der Waals surface area (Å²) in [4.78, 5) is 31.3. The van der Waals surface area contributed by atoms with Crippen LogP contribution in [0.1, 0.15) is 6.92 Å². The number of hydrogen-bond acceptors (Lipinski definition) is 7. The van der Waals surface area contributed by atoms with E-state index in [1.54, 1.807) is 36.1 Å². The molecule has 0 saturated carbocycles. The highest BCUT2D eigenvalue weighted by Gasteiger charge is 2.19. The van der Waals surface area contributed by atoms with E-state index in [1.165, 1.54) is 11.8 Å². The van der Waals surface area contributed by atoms with Crippen molar-refractivity contribution in [2.24, 2.45) is 0 Å². The number of thioether (sulfide) groups is 1. The minimum atomic E-state index is -0.355. The fourth-order valence-corrected chi connectivity index (χ4v) is 4.43. The zero-order valence-electron chi connectivity index (χ0n) is 14.4. The maximum absolute atomic E-state index is 12.4. The van der Waals surface area contributed by atoms with Crippen molar-refractivity contribution in [2.45, 2.75) is 17.2 Å². The zero-order valence-corrected chi connectivity index (χ0v) is 16.0. The first kappa shape index (κ1) is 17.6. The van der Waals surface area contributed by atoms with Crippen molar-refractivity contribution in [3.8, 4) is 10.4 Å². The molecule has 4 rings (SSSR count). The second-order valence-corrected chi connectivity index (χ2v) is 8.06. The number of carbonyl (C=O) groups is 1. The molecule has 0 aliphatic carbocycles. The van der Waals surface area contributed by atoms with Gasteiger partial charge in [-0.25, -0.2) is 19.9 Å². The number of nitrogens with zero attached hydrogens (tertiary/aromatic N) is 4. The number of rotatable bonds is 5. The molecule has 0 bridgehead atoms. The van der Waals surface area contributed by atoms with Gasteiger partial charge in [0.25, 0.3) is 0 Å². The standard InChI is InChI=1S/C19H15N5OS2/c1-12(16(25)24-19-20-8-5-9-21-19)26-17-14-10-15(13-6-3-2-4-7-13)27-18(14)23-11-22-17/h2-12H,1H3,(H,20,21,24,25). The Balaban J connectivity index is 1.56. The Labute approximate surface area is 164 Å². The summed E-state index contributed by atoms with van der Waals surface area (Å²) in [5.41, 5.74) is 1.14. The summed E-state index contributed by atoms with van der Waals surface area (Å²) >= 11 is 3.01. The zero-order chi connectivity index (χ0) is 18.6.